The second-order valence-corrected chi connectivity index (χ2v) is 7.03. The van der Waals surface area contributed by atoms with Crippen LogP contribution in [0, 0.1) is 18.8 Å². The maximum absolute atomic E-state index is 12.3. The lowest BCUT2D eigenvalue weighted by atomic mass is 9.80. The number of rotatable bonds is 6. The van der Waals surface area contributed by atoms with Crippen molar-refractivity contribution < 1.29 is 24.2 Å². The first-order chi connectivity index (χ1) is 13.0. The minimum absolute atomic E-state index is 0.00786. The normalized spacial score (nSPS) is 19.3. The van der Waals surface area contributed by atoms with Crippen molar-refractivity contribution in [1.82, 2.24) is 0 Å². The number of aryl methyl sites for hydroxylation is 1. The summed E-state index contributed by atoms with van der Waals surface area (Å²) in [5, 5.41) is 9.25. The molecule has 0 atom stereocenters. The molecule has 142 valence electrons. The second kappa shape index (κ2) is 8.71. The van der Waals surface area contributed by atoms with Crippen LogP contribution in [0.4, 0.5) is 0 Å². The van der Waals surface area contributed by atoms with Gasteiger partial charge >= 0.3 is 5.97 Å². The Morgan fingerprint density at radius 2 is 1.44 bits per heavy atom. The molecule has 3 rings (SSSR count). The molecular formula is C22H24O5. The molecule has 5 nitrogen and oxygen atoms in total. The number of hydrogen-bond donors (Lipinski definition) is 1. The number of phenols is 1. The van der Waals surface area contributed by atoms with Gasteiger partial charge in [0.1, 0.15) is 23.9 Å². The number of phenolic OH excluding ortho intramolecular Hbond substituents is 1. The number of ether oxygens (including phenoxy) is 2. The van der Waals surface area contributed by atoms with Gasteiger partial charge in [-0.3, -0.25) is 9.59 Å². The molecule has 1 aliphatic rings. The lowest BCUT2D eigenvalue weighted by molar-refractivity contribution is -0.141. The highest BCUT2D eigenvalue weighted by Gasteiger charge is 2.31. The van der Waals surface area contributed by atoms with Gasteiger partial charge in [-0.1, -0.05) is 17.7 Å². The number of aromatic hydroxyl groups is 1. The molecule has 2 aromatic carbocycles. The zero-order chi connectivity index (χ0) is 19.2. The molecule has 0 radical (unpaired) electrons. The molecule has 1 fully saturated rings. The number of benzene rings is 2. The van der Waals surface area contributed by atoms with E-state index < -0.39 is 0 Å². The van der Waals surface area contributed by atoms with Crippen molar-refractivity contribution in [1.29, 1.82) is 0 Å². The van der Waals surface area contributed by atoms with Crippen LogP contribution in [0.3, 0.4) is 0 Å². The number of esters is 1. The van der Waals surface area contributed by atoms with Gasteiger partial charge in [0, 0.05) is 5.92 Å². The first kappa shape index (κ1) is 19.0. The standard InChI is InChI=1S/C22H24O5/c1-15-2-10-20(11-3-15)27-22(25)17-6-4-16(5-7-17)21(24)14-26-19-12-8-18(23)9-13-19/h2-3,8-13,16-17,23H,4-7,14H2,1H3. The van der Waals surface area contributed by atoms with Gasteiger partial charge in [-0.15, -0.1) is 0 Å². The van der Waals surface area contributed by atoms with E-state index in [0.29, 0.717) is 37.2 Å². The van der Waals surface area contributed by atoms with E-state index in [2.05, 4.69) is 0 Å². The maximum atomic E-state index is 12.3. The van der Waals surface area contributed by atoms with Crippen molar-refractivity contribution in [2.45, 2.75) is 32.6 Å². The van der Waals surface area contributed by atoms with Gasteiger partial charge in [0.2, 0.25) is 0 Å². The van der Waals surface area contributed by atoms with Crippen molar-refractivity contribution in [3.63, 3.8) is 0 Å². The zero-order valence-electron chi connectivity index (χ0n) is 15.4. The number of carbonyl (C=O) groups excluding carboxylic acids is 2. The molecule has 1 aliphatic carbocycles. The fourth-order valence-corrected chi connectivity index (χ4v) is 3.27. The molecule has 0 heterocycles. The Balaban J connectivity index is 1.43. The summed E-state index contributed by atoms with van der Waals surface area (Å²) in [5.41, 5.74) is 1.11. The predicted molar refractivity (Wildman–Crippen MR) is 101 cm³/mol. The molecule has 0 saturated heterocycles. The monoisotopic (exact) mass is 368 g/mol. The largest absolute Gasteiger partial charge is 0.508 e. The van der Waals surface area contributed by atoms with Crippen LogP contribution in [0.2, 0.25) is 0 Å². The van der Waals surface area contributed by atoms with E-state index in [4.69, 9.17) is 9.47 Å². The molecule has 0 amide bonds. The number of ketones is 1. The number of hydrogen-bond acceptors (Lipinski definition) is 5. The SMILES string of the molecule is Cc1ccc(OC(=O)C2CCC(C(=O)COc3ccc(O)cc3)CC2)cc1. The Hall–Kier alpha value is -2.82. The molecule has 1 saturated carbocycles. The summed E-state index contributed by atoms with van der Waals surface area (Å²) in [6, 6.07) is 13.7. The summed E-state index contributed by atoms with van der Waals surface area (Å²) in [6.07, 6.45) is 2.65. The Kier molecular flexibility index (Phi) is 6.12. The predicted octanol–water partition coefficient (Wildman–Crippen LogP) is 4.06. The van der Waals surface area contributed by atoms with Crippen LogP contribution < -0.4 is 9.47 Å². The van der Waals surface area contributed by atoms with Crippen LogP contribution >= 0.6 is 0 Å². The number of carbonyl (C=O) groups is 2. The van der Waals surface area contributed by atoms with Crippen LogP contribution in [-0.2, 0) is 9.59 Å². The zero-order valence-corrected chi connectivity index (χ0v) is 15.4. The lowest BCUT2D eigenvalue weighted by Gasteiger charge is -2.26. The summed E-state index contributed by atoms with van der Waals surface area (Å²) >= 11 is 0. The highest BCUT2D eigenvalue weighted by molar-refractivity contribution is 5.83. The minimum Gasteiger partial charge on any atom is -0.508 e. The van der Waals surface area contributed by atoms with E-state index in [1.807, 2.05) is 19.1 Å². The lowest BCUT2D eigenvalue weighted by Crippen LogP contribution is -2.30. The van der Waals surface area contributed by atoms with E-state index in [1.54, 1.807) is 24.3 Å². The highest BCUT2D eigenvalue weighted by Crippen LogP contribution is 2.31. The molecule has 5 heteroatoms. The second-order valence-electron chi connectivity index (χ2n) is 7.03. The van der Waals surface area contributed by atoms with Gasteiger partial charge in [0.15, 0.2) is 5.78 Å². The van der Waals surface area contributed by atoms with E-state index in [1.165, 1.54) is 12.1 Å². The molecule has 27 heavy (non-hydrogen) atoms. The first-order valence-electron chi connectivity index (χ1n) is 9.24. The molecule has 1 N–H and O–H groups in total. The van der Waals surface area contributed by atoms with Gasteiger partial charge in [-0.2, -0.15) is 0 Å². The molecule has 0 unspecified atom stereocenters. The average molecular weight is 368 g/mol. The fourth-order valence-electron chi connectivity index (χ4n) is 3.27. The van der Waals surface area contributed by atoms with Gasteiger partial charge in [-0.25, -0.2) is 0 Å². The van der Waals surface area contributed by atoms with Crippen molar-refractivity contribution >= 4 is 11.8 Å². The molecule has 0 aromatic heterocycles. The van der Waals surface area contributed by atoms with E-state index in [-0.39, 0.29) is 35.9 Å². The summed E-state index contributed by atoms with van der Waals surface area (Å²) in [4.78, 5) is 24.7. The van der Waals surface area contributed by atoms with Gasteiger partial charge < -0.3 is 14.6 Å². The fraction of sp³-hybridized carbons (Fsp3) is 0.364. The Morgan fingerprint density at radius 3 is 2.07 bits per heavy atom. The topological polar surface area (TPSA) is 72.8 Å². The summed E-state index contributed by atoms with van der Waals surface area (Å²) < 4.78 is 10.9. The minimum atomic E-state index is -0.218. The third-order valence-corrected chi connectivity index (χ3v) is 4.97. The smallest absolute Gasteiger partial charge is 0.314 e. The van der Waals surface area contributed by atoms with E-state index in [9.17, 15) is 14.7 Å². The van der Waals surface area contributed by atoms with Gasteiger partial charge in [-0.05, 0) is 69.0 Å². The van der Waals surface area contributed by atoms with Crippen LogP contribution in [0.1, 0.15) is 31.2 Å². The quantitative estimate of drug-likeness (QED) is 0.615. The summed E-state index contributed by atoms with van der Waals surface area (Å²) in [5.74, 6) is 0.865. The van der Waals surface area contributed by atoms with Crippen molar-refractivity contribution in [2.75, 3.05) is 6.61 Å². The van der Waals surface area contributed by atoms with Crippen LogP contribution in [-0.4, -0.2) is 23.5 Å². The van der Waals surface area contributed by atoms with E-state index in [0.717, 1.165) is 5.56 Å². The van der Waals surface area contributed by atoms with Crippen LogP contribution in [0.15, 0.2) is 48.5 Å². The highest BCUT2D eigenvalue weighted by atomic mass is 16.5. The summed E-state index contributed by atoms with van der Waals surface area (Å²) in [6.45, 7) is 1.99. The van der Waals surface area contributed by atoms with Crippen LogP contribution in [0.25, 0.3) is 0 Å². The molecule has 0 aliphatic heterocycles. The molecule has 0 spiro atoms. The summed E-state index contributed by atoms with van der Waals surface area (Å²) in [7, 11) is 0. The Morgan fingerprint density at radius 1 is 0.889 bits per heavy atom. The van der Waals surface area contributed by atoms with Crippen molar-refractivity contribution in [3.05, 3.63) is 54.1 Å². The Bertz CT molecular complexity index is 771. The molecule has 0 bridgehead atoms. The first-order valence-corrected chi connectivity index (χ1v) is 9.24. The third kappa shape index (κ3) is 5.33. The Labute approximate surface area is 158 Å². The maximum Gasteiger partial charge on any atom is 0.314 e. The van der Waals surface area contributed by atoms with Crippen LogP contribution in [0.5, 0.6) is 17.2 Å². The number of Topliss-reactive ketones (excluding diaryl/α,β-unsaturated/α-hetero) is 1. The molecular weight excluding hydrogens is 344 g/mol. The van der Waals surface area contributed by atoms with E-state index >= 15 is 0 Å². The molecule has 2 aromatic rings. The van der Waals surface area contributed by atoms with Gasteiger partial charge in [0.25, 0.3) is 0 Å². The third-order valence-electron chi connectivity index (χ3n) is 4.97. The van der Waals surface area contributed by atoms with Crippen molar-refractivity contribution in [3.8, 4) is 17.2 Å². The van der Waals surface area contributed by atoms with Gasteiger partial charge in [0.05, 0.1) is 5.92 Å². The average Bonchev–Trinajstić information content (AvgIpc) is 2.69. The van der Waals surface area contributed by atoms with Crippen molar-refractivity contribution in [2.24, 2.45) is 11.8 Å².